The average Bonchev–Trinajstić information content (AvgIpc) is 3.35. The number of rotatable bonds is 8. The zero-order chi connectivity index (χ0) is 25.3. The molecule has 34 heavy (non-hydrogen) atoms. The molecule has 7 nitrogen and oxygen atoms in total. The summed E-state index contributed by atoms with van der Waals surface area (Å²) < 4.78 is 0. The van der Waals surface area contributed by atoms with Crippen LogP contribution in [0.4, 0.5) is 0 Å². The van der Waals surface area contributed by atoms with Crippen LogP contribution >= 0.6 is 11.6 Å². The van der Waals surface area contributed by atoms with Crippen LogP contribution in [0.2, 0.25) is 5.02 Å². The number of pyridine rings is 1. The molecular weight excluding hydrogens is 452 g/mol. The molecule has 0 spiro atoms. The Kier molecular flexibility index (Phi) is 11.0. The van der Waals surface area contributed by atoms with E-state index in [1.165, 1.54) is 0 Å². The Morgan fingerprint density at radius 1 is 1.21 bits per heavy atom. The van der Waals surface area contributed by atoms with Gasteiger partial charge in [0.05, 0.1) is 23.7 Å². The van der Waals surface area contributed by atoms with Crippen LogP contribution in [0.25, 0.3) is 11.1 Å². The number of benzene rings is 1. The molecular formula is C26H37ClN4O3. The van der Waals surface area contributed by atoms with Crippen LogP contribution in [0.15, 0.2) is 42.7 Å². The molecule has 1 aromatic heterocycles. The Hall–Kier alpha value is -2.48. The van der Waals surface area contributed by atoms with Gasteiger partial charge in [0.15, 0.2) is 0 Å². The number of aliphatic hydroxyl groups is 1. The van der Waals surface area contributed by atoms with Crippen molar-refractivity contribution in [3.63, 3.8) is 0 Å². The molecule has 1 saturated heterocycles. The lowest BCUT2D eigenvalue weighted by Gasteiger charge is -2.30. The molecule has 3 N–H and O–H groups in total. The largest absolute Gasteiger partial charge is 0.394 e. The second-order valence-corrected chi connectivity index (χ2v) is 8.83. The Morgan fingerprint density at radius 2 is 1.88 bits per heavy atom. The fourth-order valence-electron chi connectivity index (χ4n) is 4.23. The van der Waals surface area contributed by atoms with E-state index in [1.54, 1.807) is 24.3 Å². The van der Waals surface area contributed by atoms with E-state index in [2.05, 4.69) is 15.6 Å². The van der Waals surface area contributed by atoms with Crippen LogP contribution in [-0.2, 0) is 9.59 Å². The summed E-state index contributed by atoms with van der Waals surface area (Å²) in [5.74, 6) is -0.177. The van der Waals surface area contributed by atoms with Crippen molar-refractivity contribution in [3.8, 4) is 11.1 Å². The van der Waals surface area contributed by atoms with Crippen LogP contribution in [0.3, 0.4) is 0 Å². The number of amides is 2. The van der Waals surface area contributed by atoms with Crippen LogP contribution in [-0.4, -0.2) is 59.1 Å². The summed E-state index contributed by atoms with van der Waals surface area (Å²) in [6, 6.07) is 7.94. The van der Waals surface area contributed by atoms with Crippen molar-refractivity contribution in [2.75, 3.05) is 20.2 Å². The summed E-state index contributed by atoms with van der Waals surface area (Å²) >= 11 is 6.23. The number of aromatic nitrogens is 1. The molecule has 3 rings (SSSR count). The van der Waals surface area contributed by atoms with E-state index < -0.39 is 12.1 Å². The van der Waals surface area contributed by atoms with E-state index in [0.717, 1.165) is 23.1 Å². The minimum absolute atomic E-state index is 0.0562. The Balaban J connectivity index is 0.00000199. The standard InChI is InChI=1S/C24H31ClN4O3.C2H6/c1-15(2)22(26-3)24(32)29-12-4-5-21(29)23(31)28-20(14-30)17-8-6-16(7-9-17)18-10-11-27-13-19(18)25;1-2/h6-11,13,15,20-22,26,30H,4-5,12,14H2,1-3H3,(H,28,31);1-2H3. The van der Waals surface area contributed by atoms with Gasteiger partial charge < -0.3 is 20.6 Å². The maximum atomic E-state index is 13.1. The van der Waals surface area contributed by atoms with Gasteiger partial charge in [-0.05, 0) is 43.0 Å². The quantitative estimate of drug-likeness (QED) is 0.525. The van der Waals surface area contributed by atoms with E-state index >= 15 is 0 Å². The van der Waals surface area contributed by atoms with Gasteiger partial charge >= 0.3 is 0 Å². The number of carbonyl (C=O) groups is 2. The molecule has 2 heterocycles. The number of hydrogen-bond donors (Lipinski definition) is 3. The molecule has 186 valence electrons. The van der Waals surface area contributed by atoms with E-state index in [0.29, 0.717) is 18.0 Å². The Bertz CT molecular complexity index is 936. The van der Waals surface area contributed by atoms with Crippen molar-refractivity contribution in [1.29, 1.82) is 0 Å². The maximum Gasteiger partial charge on any atom is 0.243 e. The molecule has 0 aliphatic carbocycles. The van der Waals surface area contributed by atoms with Crippen LogP contribution in [0.5, 0.6) is 0 Å². The third kappa shape index (κ3) is 6.56. The molecule has 1 aliphatic rings. The fourth-order valence-corrected chi connectivity index (χ4v) is 4.46. The van der Waals surface area contributed by atoms with Crippen molar-refractivity contribution in [3.05, 3.63) is 53.3 Å². The number of carbonyl (C=O) groups excluding carboxylic acids is 2. The van der Waals surface area contributed by atoms with Crippen LogP contribution in [0.1, 0.15) is 52.1 Å². The smallest absolute Gasteiger partial charge is 0.243 e. The second kappa shape index (κ2) is 13.4. The first-order valence-electron chi connectivity index (χ1n) is 12.0. The normalized spacial score (nSPS) is 17.1. The minimum atomic E-state index is -0.563. The van der Waals surface area contributed by atoms with Crippen LogP contribution in [0, 0.1) is 5.92 Å². The molecule has 3 atom stereocenters. The number of nitrogens with zero attached hydrogens (tertiary/aromatic N) is 2. The first-order valence-corrected chi connectivity index (χ1v) is 12.3. The zero-order valence-corrected chi connectivity index (χ0v) is 21.5. The SMILES string of the molecule is CC.CNC(C(=O)N1CCCC1C(=O)NC(CO)c1ccc(-c2ccncc2Cl)cc1)C(C)C. The van der Waals surface area contributed by atoms with Crippen LogP contribution < -0.4 is 10.6 Å². The Morgan fingerprint density at radius 3 is 2.44 bits per heavy atom. The topological polar surface area (TPSA) is 94.6 Å². The molecule has 1 aliphatic heterocycles. The highest BCUT2D eigenvalue weighted by atomic mass is 35.5. The summed E-state index contributed by atoms with van der Waals surface area (Å²) in [5.41, 5.74) is 2.56. The lowest BCUT2D eigenvalue weighted by Crippen LogP contribution is -2.53. The number of likely N-dealkylation sites (tertiary alicyclic amines) is 1. The lowest BCUT2D eigenvalue weighted by molar-refractivity contribution is -0.141. The number of hydrogen-bond acceptors (Lipinski definition) is 5. The third-order valence-corrected chi connectivity index (χ3v) is 6.28. The first kappa shape index (κ1) is 27.8. The summed E-state index contributed by atoms with van der Waals surface area (Å²) in [7, 11) is 1.76. The Labute approximate surface area is 207 Å². The van der Waals surface area contributed by atoms with Crippen molar-refractivity contribution in [2.24, 2.45) is 5.92 Å². The van der Waals surface area contributed by atoms with Gasteiger partial charge in [0.1, 0.15) is 6.04 Å². The predicted molar refractivity (Wildman–Crippen MR) is 136 cm³/mol. The van der Waals surface area contributed by atoms with Gasteiger partial charge in [-0.3, -0.25) is 14.6 Å². The number of aliphatic hydroxyl groups excluding tert-OH is 1. The lowest BCUT2D eigenvalue weighted by atomic mass is 10.0. The molecule has 0 radical (unpaired) electrons. The number of nitrogens with one attached hydrogen (secondary N) is 2. The molecule has 0 saturated carbocycles. The monoisotopic (exact) mass is 488 g/mol. The predicted octanol–water partition coefficient (Wildman–Crippen LogP) is 3.81. The molecule has 0 bridgehead atoms. The number of halogens is 1. The second-order valence-electron chi connectivity index (χ2n) is 8.42. The van der Waals surface area contributed by atoms with Gasteiger partial charge in [-0.2, -0.15) is 0 Å². The van der Waals surface area contributed by atoms with Gasteiger partial charge in [0.2, 0.25) is 11.8 Å². The summed E-state index contributed by atoms with van der Waals surface area (Å²) in [6.07, 6.45) is 4.67. The van der Waals surface area contributed by atoms with E-state index in [-0.39, 0.29) is 30.4 Å². The highest BCUT2D eigenvalue weighted by Gasteiger charge is 2.38. The maximum absolute atomic E-state index is 13.1. The minimum Gasteiger partial charge on any atom is -0.394 e. The van der Waals surface area contributed by atoms with Gasteiger partial charge in [-0.1, -0.05) is 63.6 Å². The molecule has 3 unspecified atom stereocenters. The summed E-state index contributed by atoms with van der Waals surface area (Å²) in [4.78, 5) is 31.7. The van der Waals surface area contributed by atoms with E-state index in [1.807, 2.05) is 58.0 Å². The summed E-state index contributed by atoms with van der Waals surface area (Å²) in [5, 5.41) is 16.5. The third-order valence-electron chi connectivity index (χ3n) is 5.98. The van der Waals surface area contributed by atoms with Crippen molar-refractivity contribution >= 4 is 23.4 Å². The molecule has 2 aromatic rings. The van der Waals surface area contributed by atoms with Gasteiger partial charge in [0.25, 0.3) is 0 Å². The van der Waals surface area contributed by atoms with Gasteiger partial charge in [0, 0.05) is 24.5 Å². The summed E-state index contributed by atoms with van der Waals surface area (Å²) in [6.45, 7) is 8.28. The molecule has 1 aromatic carbocycles. The van der Waals surface area contributed by atoms with Crippen molar-refractivity contribution in [1.82, 2.24) is 20.5 Å². The number of likely N-dealkylation sites (N-methyl/N-ethyl adjacent to an activating group) is 1. The van der Waals surface area contributed by atoms with Gasteiger partial charge in [-0.15, -0.1) is 0 Å². The average molecular weight is 489 g/mol. The van der Waals surface area contributed by atoms with Crippen molar-refractivity contribution < 1.29 is 14.7 Å². The van der Waals surface area contributed by atoms with E-state index in [4.69, 9.17) is 11.6 Å². The molecule has 1 fully saturated rings. The fraction of sp³-hybridized carbons (Fsp3) is 0.500. The highest BCUT2D eigenvalue weighted by molar-refractivity contribution is 6.33. The highest BCUT2D eigenvalue weighted by Crippen LogP contribution is 2.28. The van der Waals surface area contributed by atoms with Gasteiger partial charge in [-0.25, -0.2) is 0 Å². The van der Waals surface area contributed by atoms with Crippen molar-refractivity contribution in [2.45, 2.75) is 58.7 Å². The van der Waals surface area contributed by atoms with E-state index in [9.17, 15) is 14.7 Å². The first-order chi connectivity index (χ1) is 16.4. The molecule has 2 amide bonds. The molecule has 8 heteroatoms. The zero-order valence-electron chi connectivity index (χ0n) is 20.7.